The number of primary amides is 1. The molecule has 13 heavy (non-hydrogen) atoms. The van der Waals surface area contributed by atoms with Crippen molar-refractivity contribution >= 4 is 17.0 Å². The Morgan fingerprint density at radius 2 is 2.00 bits per heavy atom. The van der Waals surface area contributed by atoms with Crippen molar-refractivity contribution in [3.05, 3.63) is 29.8 Å². The summed E-state index contributed by atoms with van der Waals surface area (Å²) in [4.78, 5) is 11.7. The Balaban J connectivity index is 2.97. The molecular formula is C10H13NOS. The predicted octanol–water partition coefficient (Wildman–Crippen LogP) is 2.98. The molecule has 0 aromatic heterocycles. The second-order valence-corrected chi connectivity index (χ2v) is 4.16. The molecule has 0 fully saturated rings. The minimum atomic E-state index is -0.354. The molecule has 0 atom stereocenters. The first kappa shape index (κ1) is 10.1. The van der Waals surface area contributed by atoms with Crippen molar-refractivity contribution in [3.63, 3.8) is 0 Å². The first-order valence-electron chi connectivity index (χ1n) is 4.17. The molecule has 0 unspecified atom stereocenters. The Bertz CT molecular complexity index is 310. The number of hydrogen-bond acceptors (Lipinski definition) is 2. The molecule has 1 aromatic rings. The van der Waals surface area contributed by atoms with E-state index in [1.54, 1.807) is 0 Å². The average Bonchev–Trinajstić information content (AvgIpc) is 2.03. The van der Waals surface area contributed by atoms with Gasteiger partial charge in [0.15, 0.2) is 0 Å². The van der Waals surface area contributed by atoms with Gasteiger partial charge in [0.2, 0.25) is 0 Å². The van der Waals surface area contributed by atoms with Gasteiger partial charge in [-0.15, -0.1) is 0 Å². The van der Waals surface area contributed by atoms with E-state index in [0.29, 0.717) is 5.92 Å². The standard InChI is InChI=1S/C10H13NOS/c1-7(2)8-5-3-4-6-9(8)13-10(11)12/h3-7H,1-2H3,(H2,11,12). The molecule has 1 amide bonds. The number of carbonyl (C=O) groups is 1. The van der Waals surface area contributed by atoms with E-state index < -0.39 is 0 Å². The zero-order valence-corrected chi connectivity index (χ0v) is 8.60. The molecule has 1 aromatic carbocycles. The summed E-state index contributed by atoms with van der Waals surface area (Å²) in [5.41, 5.74) is 6.29. The topological polar surface area (TPSA) is 43.1 Å². The molecule has 0 bridgehead atoms. The Labute approximate surface area is 82.5 Å². The van der Waals surface area contributed by atoms with Gasteiger partial charge in [0.05, 0.1) is 0 Å². The fourth-order valence-corrected chi connectivity index (χ4v) is 1.94. The number of benzene rings is 1. The summed E-state index contributed by atoms with van der Waals surface area (Å²) < 4.78 is 0. The van der Waals surface area contributed by atoms with Gasteiger partial charge in [-0.1, -0.05) is 32.0 Å². The van der Waals surface area contributed by atoms with Crippen molar-refractivity contribution in [2.75, 3.05) is 0 Å². The fourth-order valence-electron chi connectivity index (χ4n) is 1.16. The molecule has 0 heterocycles. The normalized spacial score (nSPS) is 10.4. The highest BCUT2D eigenvalue weighted by atomic mass is 32.2. The number of amides is 1. The number of rotatable bonds is 2. The number of thioether (sulfide) groups is 1. The summed E-state index contributed by atoms with van der Waals surface area (Å²) in [5.74, 6) is 0.419. The number of nitrogens with two attached hydrogens (primary N) is 1. The molecule has 70 valence electrons. The van der Waals surface area contributed by atoms with E-state index in [1.165, 1.54) is 5.56 Å². The van der Waals surface area contributed by atoms with Crippen LogP contribution in [0.5, 0.6) is 0 Å². The van der Waals surface area contributed by atoms with Crippen LogP contribution >= 0.6 is 11.8 Å². The van der Waals surface area contributed by atoms with E-state index in [9.17, 15) is 4.79 Å². The molecule has 2 nitrogen and oxygen atoms in total. The Hall–Kier alpha value is -0.960. The fraction of sp³-hybridized carbons (Fsp3) is 0.300. The van der Waals surface area contributed by atoms with Crippen molar-refractivity contribution in [1.82, 2.24) is 0 Å². The van der Waals surface area contributed by atoms with Crippen LogP contribution in [-0.2, 0) is 0 Å². The zero-order valence-electron chi connectivity index (χ0n) is 7.78. The largest absolute Gasteiger partial charge is 0.360 e. The van der Waals surface area contributed by atoms with Gasteiger partial charge in [0, 0.05) is 4.90 Å². The Morgan fingerprint density at radius 3 is 2.54 bits per heavy atom. The first-order valence-corrected chi connectivity index (χ1v) is 4.99. The van der Waals surface area contributed by atoms with Crippen molar-refractivity contribution in [3.8, 4) is 0 Å². The number of hydrogen-bond donors (Lipinski definition) is 1. The maximum absolute atomic E-state index is 10.7. The van der Waals surface area contributed by atoms with E-state index in [2.05, 4.69) is 13.8 Å². The third kappa shape index (κ3) is 2.77. The van der Waals surface area contributed by atoms with Gasteiger partial charge in [0.25, 0.3) is 5.24 Å². The van der Waals surface area contributed by atoms with Gasteiger partial charge in [0.1, 0.15) is 0 Å². The van der Waals surface area contributed by atoms with Crippen LogP contribution in [0.1, 0.15) is 25.3 Å². The van der Waals surface area contributed by atoms with Crippen molar-refractivity contribution in [2.45, 2.75) is 24.7 Å². The van der Waals surface area contributed by atoms with Gasteiger partial charge >= 0.3 is 0 Å². The zero-order chi connectivity index (χ0) is 9.84. The molecule has 0 saturated heterocycles. The quantitative estimate of drug-likeness (QED) is 0.737. The lowest BCUT2D eigenvalue weighted by Gasteiger charge is -2.09. The van der Waals surface area contributed by atoms with Gasteiger partial charge in [-0.2, -0.15) is 0 Å². The molecular weight excluding hydrogens is 182 g/mol. The predicted molar refractivity (Wildman–Crippen MR) is 56.0 cm³/mol. The van der Waals surface area contributed by atoms with Gasteiger partial charge in [-0.3, -0.25) is 4.79 Å². The van der Waals surface area contributed by atoms with Crippen molar-refractivity contribution < 1.29 is 4.79 Å². The van der Waals surface area contributed by atoms with E-state index in [0.717, 1.165) is 16.7 Å². The summed E-state index contributed by atoms with van der Waals surface area (Å²) in [6.07, 6.45) is 0. The minimum absolute atomic E-state index is 0.354. The molecule has 1 rings (SSSR count). The smallest absolute Gasteiger partial charge is 0.281 e. The highest BCUT2D eigenvalue weighted by Gasteiger charge is 2.07. The lowest BCUT2D eigenvalue weighted by atomic mass is 10.0. The number of carbonyl (C=O) groups excluding carboxylic acids is 1. The van der Waals surface area contributed by atoms with Crippen LogP contribution in [0, 0.1) is 0 Å². The van der Waals surface area contributed by atoms with E-state index >= 15 is 0 Å². The lowest BCUT2D eigenvalue weighted by Crippen LogP contribution is -2.03. The molecule has 2 N–H and O–H groups in total. The third-order valence-electron chi connectivity index (χ3n) is 1.75. The lowest BCUT2D eigenvalue weighted by molar-refractivity contribution is 0.267. The Kier molecular flexibility index (Phi) is 3.37. The molecule has 0 spiro atoms. The van der Waals surface area contributed by atoms with Gasteiger partial charge in [-0.05, 0) is 29.3 Å². The van der Waals surface area contributed by atoms with Crippen LogP contribution in [0.2, 0.25) is 0 Å². The van der Waals surface area contributed by atoms with Crippen LogP contribution in [-0.4, -0.2) is 5.24 Å². The van der Waals surface area contributed by atoms with E-state index in [4.69, 9.17) is 5.73 Å². The minimum Gasteiger partial charge on any atom is -0.360 e. The summed E-state index contributed by atoms with van der Waals surface area (Å²) >= 11 is 1.09. The molecule has 3 heteroatoms. The van der Waals surface area contributed by atoms with Crippen molar-refractivity contribution in [1.29, 1.82) is 0 Å². The third-order valence-corrected chi connectivity index (χ3v) is 2.54. The second-order valence-electron chi connectivity index (χ2n) is 3.11. The van der Waals surface area contributed by atoms with Crippen LogP contribution in [0.15, 0.2) is 29.2 Å². The average molecular weight is 195 g/mol. The highest BCUT2D eigenvalue weighted by Crippen LogP contribution is 2.27. The van der Waals surface area contributed by atoms with Gasteiger partial charge in [-0.25, -0.2) is 0 Å². The van der Waals surface area contributed by atoms with Gasteiger partial charge < -0.3 is 5.73 Å². The monoisotopic (exact) mass is 195 g/mol. The molecule has 0 saturated carbocycles. The summed E-state index contributed by atoms with van der Waals surface area (Å²) in [5, 5.41) is -0.354. The van der Waals surface area contributed by atoms with Crippen LogP contribution in [0.25, 0.3) is 0 Å². The molecule has 0 aliphatic rings. The molecule has 0 radical (unpaired) electrons. The van der Waals surface area contributed by atoms with Crippen LogP contribution in [0.3, 0.4) is 0 Å². The maximum Gasteiger partial charge on any atom is 0.281 e. The van der Waals surface area contributed by atoms with Crippen molar-refractivity contribution in [2.24, 2.45) is 5.73 Å². The second kappa shape index (κ2) is 4.33. The first-order chi connectivity index (χ1) is 6.11. The SMILES string of the molecule is CC(C)c1ccccc1SC(N)=O. The summed E-state index contributed by atoms with van der Waals surface area (Å²) in [6.45, 7) is 4.20. The maximum atomic E-state index is 10.7. The van der Waals surface area contributed by atoms with E-state index in [1.807, 2.05) is 24.3 Å². The molecule has 0 aliphatic carbocycles. The Morgan fingerprint density at radius 1 is 1.38 bits per heavy atom. The van der Waals surface area contributed by atoms with Crippen LogP contribution < -0.4 is 5.73 Å². The van der Waals surface area contributed by atoms with Crippen LogP contribution in [0.4, 0.5) is 4.79 Å². The summed E-state index contributed by atoms with van der Waals surface area (Å²) in [7, 11) is 0. The highest BCUT2D eigenvalue weighted by molar-refractivity contribution is 8.13. The molecule has 0 aliphatic heterocycles. The van der Waals surface area contributed by atoms with E-state index in [-0.39, 0.29) is 5.24 Å². The summed E-state index contributed by atoms with van der Waals surface area (Å²) in [6, 6.07) is 7.83.